The molecule has 1 heterocycles. The van der Waals surface area contributed by atoms with Gasteiger partial charge in [-0.25, -0.2) is 0 Å². The predicted octanol–water partition coefficient (Wildman–Crippen LogP) is 5.22. The molecule has 0 aromatic heterocycles. The van der Waals surface area contributed by atoms with Crippen LogP contribution in [0.3, 0.4) is 0 Å². The molecule has 0 radical (unpaired) electrons. The molecule has 1 saturated heterocycles. The maximum atomic E-state index is 6.22. The zero-order valence-electron chi connectivity index (χ0n) is 17.6. The lowest BCUT2D eigenvalue weighted by Crippen LogP contribution is -2.36. The van der Waals surface area contributed by atoms with Crippen LogP contribution in [0.2, 0.25) is 0 Å². The monoisotopic (exact) mass is 400 g/mol. The van der Waals surface area contributed by atoms with E-state index in [4.69, 9.17) is 10.5 Å². The van der Waals surface area contributed by atoms with Crippen LogP contribution >= 0.6 is 0 Å². The van der Waals surface area contributed by atoms with Crippen LogP contribution in [-0.2, 0) is 13.2 Å². The molecule has 3 heteroatoms. The molecule has 3 nitrogen and oxygen atoms in total. The average molecular weight is 401 g/mol. The fourth-order valence-electron chi connectivity index (χ4n) is 4.51. The van der Waals surface area contributed by atoms with Gasteiger partial charge in [-0.15, -0.1) is 0 Å². The molecule has 1 aliphatic heterocycles. The Bertz CT molecular complexity index is 872. The first-order chi connectivity index (χ1) is 14.8. The van der Waals surface area contributed by atoms with Crippen molar-refractivity contribution in [2.45, 2.75) is 31.9 Å². The smallest absolute Gasteiger partial charge is 0.119 e. The lowest BCUT2D eigenvalue weighted by atomic mass is 9.80. The standard InChI is InChI=1S/C27H32N2O/c28-19-27(25-15-17-29(18-16-25)20-22-7-3-1-4-8-22)24-11-13-26(14-12-24)30-21-23-9-5-2-6-10-23/h1-14,25,27H,15-21,28H2. The number of piperidine rings is 1. The van der Waals surface area contributed by atoms with Crippen molar-refractivity contribution in [3.63, 3.8) is 0 Å². The predicted molar refractivity (Wildman–Crippen MR) is 123 cm³/mol. The molecule has 0 aliphatic carbocycles. The van der Waals surface area contributed by atoms with Crippen LogP contribution in [0, 0.1) is 5.92 Å². The fourth-order valence-corrected chi connectivity index (χ4v) is 4.51. The van der Waals surface area contributed by atoms with Crippen LogP contribution in [0.1, 0.15) is 35.4 Å². The Morgan fingerprint density at radius 3 is 2.00 bits per heavy atom. The Kier molecular flexibility index (Phi) is 7.17. The lowest BCUT2D eigenvalue weighted by Gasteiger charge is -2.36. The van der Waals surface area contributed by atoms with E-state index in [9.17, 15) is 0 Å². The van der Waals surface area contributed by atoms with E-state index < -0.39 is 0 Å². The van der Waals surface area contributed by atoms with E-state index in [0.717, 1.165) is 25.4 Å². The molecule has 30 heavy (non-hydrogen) atoms. The van der Waals surface area contributed by atoms with E-state index in [1.807, 2.05) is 18.2 Å². The molecule has 3 aromatic carbocycles. The summed E-state index contributed by atoms with van der Waals surface area (Å²) >= 11 is 0. The van der Waals surface area contributed by atoms with Crippen LogP contribution in [0.5, 0.6) is 5.75 Å². The summed E-state index contributed by atoms with van der Waals surface area (Å²) in [6, 6.07) is 29.6. The van der Waals surface area contributed by atoms with Gasteiger partial charge >= 0.3 is 0 Å². The number of benzene rings is 3. The molecule has 1 aliphatic rings. The van der Waals surface area contributed by atoms with Gasteiger partial charge in [-0.2, -0.15) is 0 Å². The quantitative estimate of drug-likeness (QED) is 0.563. The molecule has 156 valence electrons. The Balaban J connectivity index is 1.30. The summed E-state index contributed by atoms with van der Waals surface area (Å²) in [6.07, 6.45) is 2.42. The second-order valence-corrected chi connectivity index (χ2v) is 8.28. The molecule has 4 rings (SSSR count). The topological polar surface area (TPSA) is 38.5 Å². The maximum absolute atomic E-state index is 6.22. The molecular formula is C27H32N2O. The molecule has 0 bridgehead atoms. The van der Waals surface area contributed by atoms with Crippen molar-refractivity contribution in [1.82, 2.24) is 4.90 Å². The van der Waals surface area contributed by atoms with E-state index in [1.54, 1.807) is 0 Å². The number of ether oxygens (including phenoxy) is 1. The minimum Gasteiger partial charge on any atom is -0.489 e. The van der Waals surface area contributed by atoms with E-state index >= 15 is 0 Å². The number of nitrogens with zero attached hydrogens (tertiary/aromatic N) is 1. The van der Waals surface area contributed by atoms with Gasteiger partial charge in [0.15, 0.2) is 0 Å². The normalized spacial score (nSPS) is 16.3. The van der Waals surface area contributed by atoms with Crippen molar-refractivity contribution < 1.29 is 4.74 Å². The maximum Gasteiger partial charge on any atom is 0.119 e. The molecule has 2 N–H and O–H groups in total. The van der Waals surface area contributed by atoms with E-state index in [0.29, 0.717) is 25.0 Å². The van der Waals surface area contributed by atoms with Gasteiger partial charge in [0.05, 0.1) is 0 Å². The zero-order chi connectivity index (χ0) is 20.6. The minimum absolute atomic E-state index is 0.423. The van der Waals surface area contributed by atoms with Crippen LogP contribution in [0.25, 0.3) is 0 Å². The summed E-state index contributed by atoms with van der Waals surface area (Å²) in [6.45, 7) is 4.64. The first kappa shape index (κ1) is 20.6. The third kappa shape index (κ3) is 5.50. The van der Waals surface area contributed by atoms with Crippen molar-refractivity contribution in [3.05, 3.63) is 102 Å². The first-order valence-electron chi connectivity index (χ1n) is 11.0. The molecule has 0 spiro atoms. The fraction of sp³-hybridized carbons (Fsp3) is 0.333. The molecule has 3 aromatic rings. The molecular weight excluding hydrogens is 368 g/mol. The van der Waals surface area contributed by atoms with Crippen molar-refractivity contribution in [1.29, 1.82) is 0 Å². The number of hydrogen-bond acceptors (Lipinski definition) is 3. The van der Waals surface area contributed by atoms with E-state index in [1.165, 1.54) is 29.5 Å². The van der Waals surface area contributed by atoms with Gasteiger partial charge in [0.2, 0.25) is 0 Å². The summed E-state index contributed by atoms with van der Waals surface area (Å²) in [5, 5.41) is 0. The molecule has 0 saturated carbocycles. The Morgan fingerprint density at radius 2 is 1.40 bits per heavy atom. The Labute approximate surface area is 180 Å². The lowest BCUT2D eigenvalue weighted by molar-refractivity contribution is 0.162. The summed E-state index contributed by atoms with van der Waals surface area (Å²) in [7, 11) is 0. The molecule has 1 atom stereocenters. The summed E-state index contributed by atoms with van der Waals surface area (Å²) in [5.74, 6) is 1.99. The first-order valence-corrected chi connectivity index (χ1v) is 11.0. The molecule has 1 fully saturated rings. The van der Waals surface area contributed by atoms with Gasteiger partial charge in [-0.3, -0.25) is 4.90 Å². The Morgan fingerprint density at radius 1 is 0.800 bits per heavy atom. The van der Waals surface area contributed by atoms with Crippen LogP contribution in [0.4, 0.5) is 0 Å². The van der Waals surface area contributed by atoms with Crippen molar-refractivity contribution in [3.8, 4) is 5.75 Å². The van der Waals surface area contributed by atoms with Crippen LogP contribution in [0.15, 0.2) is 84.9 Å². The van der Waals surface area contributed by atoms with Crippen LogP contribution in [-0.4, -0.2) is 24.5 Å². The van der Waals surface area contributed by atoms with Gasteiger partial charge in [-0.05, 0) is 73.1 Å². The zero-order valence-corrected chi connectivity index (χ0v) is 17.6. The highest BCUT2D eigenvalue weighted by Gasteiger charge is 2.26. The average Bonchev–Trinajstić information content (AvgIpc) is 2.81. The highest BCUT2D eigenvalue weighted by atomic mass is 16.5. The third-order valence-electron chi connectivity index (χ3n) is 6.26. The Hall–Kier alpha value is -2.62. The number of nitrogens with two attached hydrogens (primary N) is 1. The largest absolute Gasteiger partial charge is 0.489 e. The van der Waals surface area contributed by atoms with Crippen molar-refractivity contribution in [2.75, 3.05) is 19.6 Å². The van der Waals surface area contributed by atoms with E-state index in [2.05, 4.69) is 71.6 Å². The molecule has 1 unspecified atom stereocenters. The SMILES string of the molecule is NCC(c1ccc(OCc2ccccc2)cc1)C1CCN(Cc2ccccc2)CC1. The van der Waals surface area contributed by atoms with Gasteiger partial charge < -0.3 is 10.5 Å². The van der Waals surface area contributed by atoms with Crippen molar-refractivity contribution in [2.24, 2.45) is 11.7 Å². The molecule has 0 amide bonds. The van der Waals surface area contributed by atoms with Gasteiger partial charge in [0, 0.05) is 6.54 Å². The second-order valence-electron chi connectivity index (χ2n) is 8.28. The highest BCUT2D eigenvalue weighted by Crippen LogP contribution is 2.33. The minimum atomic E-state index is 0.423. The number of likely N-dealkylation sites (tertiary alicyclic amines) is 1. The number of rotatable bonds is 8. The number of hydrogen-bond donors (Lipinski definition) is 1. The van der Waals surface area contributed by atoms with E-state index in [-0.39, 0.29) is 0 Å². The van der Waals surface area contributed by atoms with Crippen LogP contribution < -0.4 is 10.5 Å². The third-order valence-corrected chi connectivity index (χ3v) is 6.26. The summed E-state index contributed by atoms with van der Waals surface area (Å²) in [5.41, 5.74) is 10.1. The van der Waals surface area contributed by atoms with Gasteiger partial charge in [-0.1, -0.05) is 72.8 Å². The second kappa shape index (κ2) is 10.4. The van der Waals surface area contributed by atoms with Gasteiger partial charge in [0.25, 0.3) is 0 Å². The van der Waals surface area contributed by atoms with Crippen molar-refractivity contribution >= 4 is 0 Å². The van der Waals surface area contributed by atoms with Gasteiger partial charge in [0.1, 0.15) is 12.4 Å². The summed E-state index contributed by atoms with van der Waals surface area (Å²) < 4.78 is 5.94. The summed E-state index contributed by atoms with van der Waals surface area (Å²) in [4.78, 5) is 2.57. The highest BCUT2D eigenvalue weighted by molar-refractivity contribution is 5.30.